The van der Waals surface area contributed by atoms with E-state index in [4.69, 9.17) is 28.4 Å². The summed E-state index contributed by atoms with van der Waals surface area (Å²) in [5.41, 5.74) is 0.372. The molecule has 0 aliphatic heterocycles. The molecule has 0 bridgehead atoms. The maximum atomic E-state index is 11.6. The van der Waals surface area contributed by atoms with Gasteiger partial charge in [-0.15, -0.1) is 0 Å². The van der Waals surface area contributed by atoms with Crippen LogP contribution in [0, 0.1) is 0 Å². The second-order valence-corrected chi connectivity index (χ2v) is 9.00. The van der Waals surface area contributed by atoms with Crippen molar-refractivity contribution in [2.24, 2.45) is 0 Å². The predicted octanol–water partition coefficient (Wildman–Crippen LogP) is -1.43. The molecule has 14 nitrogen and oxygen atoms in total. The van der Waals surface area contributed by atoms with Gasteiger partial charge in [-0.2, -0.15) is 0 Å². The van der Waals surface area contributed by atoms with E-state index in [2.05, 4.69) is 19.7 Å². The van der Waals surface area contributed by atoms with Gasteiger partial charge in [0.1, 0.15) is 56.4 Å². The normalized spacial score (nSPS) is 15.6. The van der Waals surface area contributed by atoms with E-state index in [1.807, 2.05) is 0 Å². The highest BCUT2D eigenvalue weighted by Crippen LogP contribution is 2.15. The summed E-state index contributed by atoms with van der Waals surface area (Å²) in [4.78, 5) is 34.6. The fourth-order valence-corrected chi connectivity index (χ4v) is 2.68. The zero-order valence-corrected chi connectivity index (χ0v) is 23.2. The van der Waals surface area contributed by atoms with Crippen molar-refractivity contribution in [3.05, 3.63) is 36.5 Å². The van der Waals surface area contributed by atoms with Crippen molar-refractivity contribution in [1.82, 2.24) is 0 Å². The number of esters is 3. The molecule has 0 spiro atoms. The van der Waals surface area contributed by atoms with Gasteiger partial charge >= 0.3 is 17.9 Å². The number of aliphatic hydroxyl groups is 5. The predicted molar refractivity (Wildman–Crippen MR) is 139 cm³/mol. The Hall–Kier alpha value is -2.69. The maximum Gasteiger partial charge on any atom is 0.333 e. The van der Waals surface area contributed by atoms with E-state index in [9.17, 15) is 39.9 Å². The molecule has 0 radical (unpaired) electrons. The highest BCUT2D eigenvalue weighted by Gasteiger charge is 2.33. The average Bonchev–Trinajstić information content (AvgIpc) is 2.91. The summed E-state index contributed by atoms with van der Waals surface area (Å²) in [6.45, 7) is 10.5. The molecular weight excluding hydrogens is 536 g/mol. The van der Waals surface area contributed by atoms with Gasteiger partial charge in [-0.05, 0) is 20.8 Å². The van der Waals surface area contributed by atoms with E-state index < -0.39 is 107 Å². The lowest BCUT2D eigenvalue weighted by atomic mass is 10.1. The van der Waals surface area contributed by atoms with Crippen LogP contribution in [0.15, 0.2) is 36.5 Å². The summed E-state index contributed by atoms with van der Waals surface area (Å²) >= 11 is 0. The van der Waals surface area contributed by atoms with E-state index in [1.165, 1.54) is 20.8 Å². The minimum absolute atomic E-state index is 0.119. The second-order valence-electron chi connectivity index (χ2n) is 9.00. The highest BCUT2D eigenvalue weighted by atomic mass is 16.6. The largest absolute Gasteiger partial charge is 0.460 e. The zero-order chi connectivity index (χ0) is 30.8. The fraction of sp³-hybridized carbons (Fsp3) is 0.654. The second kappa shape index (κ2) is 20.2. The van der Waals surface area contributed by atoms with Crippen LogP contribution in [0.2, 0.25) is 0 Å². The quantitative estimate of drug-likeness (QED) is 0.0567. The molecule has 0 aromatic heterocycles. The molecule has 0 aromatic rings. The van der Waals surface area contributed by atoms with Crippen LogP contribution in [-0.2, 0) is 42.8 Å². The number of rotatable bonds is 22. The van der Waals surface area contributed by atoms with Crippen LogP contribution in [0.1, 0.15) is 20.8 Å². The number of hydrogen-bond acceptors (Lipinski definition) is 14. The molecule has 0 aliphatic carbocycles. The summed E-state index contributed by atoms with van der Waals surface area (Å²) in [5, 5.41) is 50.3. The monoisotopic (exact) mass is 578 g/mol. The lowest BCUT2D eigenvalue weighted by Gasteiger charge is -2.33. The van der Waals surface area contributed by atoms with Crippen LogP contribution >= 0.6 is 0 Å². The fourth-order valence-electron chi connectivity index (χ4n) is 2.68. The lowest BCUT2D eigenvalue weighted by Crippen LogP contribution is -2.49. The standard InChI is InChI=1S/C26H42O14/c1-15(2)24(32)38-12-18(29)9-35-21(7-27)23(37-11-20(31)14-40-26(34)17(5)6)22(8-28)36-10-19(30)13-39-25(33)16(3)4/h18-23,27-31H,1,3,5,7-14H2,2,4,6H3/t18?,19?,20?,21-,22+,23?. The van der Waals surface area contributed by atoms with Crippen LogP contribution < -0.4 is 0 Å². The van der Waals surface area contributed by atoms with Gasteiger partial charge in [0.05, 0.1) is 33.0 Å². The van der Waals surface area contributed by atoms with Crippen molar-refractivity contribution in [2.45, 2.75) is 57.4 Å². The first-order valence-corrected chi connectivity index (χ1v) is 12.3. The summed E-state index contributed by atoms with van der Waals surface area (Å²) in [5.74, 6) is -2.17. The van der Waals surface area contributed by atoms with Gasteiger partial charge in [-0.3, -0.25) is 0 Å². The van der Waals surface area contributed by atoms with Crippen LogP contribution in [-0.4, -0.2) is 133 Å². The average molecular weight is 579 g/mol. The Morgan fingerprint density at radius 1 is 0.550 bits per heavy atom. The first-order chi connectivity index (χ1) is 18.7. The van der Waals surface area contributed by atoms with Gasteiger partial charge in [-0.25, -0.2) is 14.4 Å². The third-order valence-corrected chi connectivity index (χ3v) is 4.85. The minimum Gasteiger partial charge on any atom is -0.460 e. The maximum absolute atomic E-state index is 11.6. The Morgan fingerprint density at radius 3 is 1.07 bits per heavy atom. The Kier molecular flexibility index (Phi) is 18.9. The molecule has 0 saturated carbocycles. The SMILES string of the molecule is C=C(C)C(=O)OCC(O)COC([C@H](CO)OCC(O)COC(=O)C(=C)C)[C@@H](CO)OCC(O)COC(=O)C(=C)C. The molecule has 0 fully saturated rings. The third kappa shape index (κ3) is 15.8. The van der Waals surface area contributed by atoms with Gasteiger partial charge in [0.2, 0.25) is 0 Å². The van der Waals surface area contributed by atoms with Gasteiger partial charge < -0.3 is 54.0 Å². The molecule has 230 valence electrons. The molecule has 6 atom stereocenters. The van der Waals surface area contributed by atoms with E-state index in [-0.39, 0.29) is 16.7 Å². The molecule has 0 amide bonds. The summed E-state index contributed by atoms with van der Waals surface area (Å²) in [6, 6.07) is 0. The Balaban J connectivity index is 5.36. The zero-order valence-electron chi connectivity index (χ0n) is 23.2. The van der Waals surface area contributed by atoms with Crippen LogP contribution in [0.5, 0.6) is 0 Å². The summed E-state index contributed by atoms with van der Waals surface area (Å²) in [7, 11) is 0. The van der Waals surface area contributed by atoms with Crippen LogP contribution in [0.4, 0.5) is 0 Å². The molecule has 0 rings (SSSR count). The molecule has 4 unspecified atom stereocenters. The van der Waals surface area contributed by atoms with Gasteiger partial charge in [0.15, 0.2) is 0 Å². The van der Waals surface area contributed by atoms with Crippen molar-refractivity contribution in [2.75, 3.05) is 52.9 Å². The Bertz CT molecular complexity index is 793. The van der Waals surface area contributed by atoms with Crippen molar-refractivity contribution in [1.29, 1.82) is 0 Å². The first kappa shape index (κ1) is 37.3. The Labute approximate surface area is 233 Å². The smallest absolute Gasteiger partial charge is 0.333 e. The molecule has 0 heterocycles. The molecule has 0 aliphatic rings. The molecule has 0 saturated heterocycles. The first-order valence-electron chi connectivity index (χ1n) is 12.3. The molecule has 5 N–H and O–H groups in total. The minimum atomic E-state index is -1.33. The molecule has 40 heavy (non-hydrogen) atoms. The molecular formula is C26H42O14. The number of hydrogen-bond donors (Lipinski definition) is 5. The van der Waals surface area contributed by atoms with Crippen molar-refractivity contribution >= 4 is 17.9 Å². The Morgan fingerprint density at radius 2 is 0.825 bits per heavy atom. The van der Waals surface area contributed by atoms with Gasteiger partial charge in [-0.1, -0.05) is 19.7 Å². The van der Waals surface area contributed by atoms with Gasteiger partial charge in [0.25, 0.3) is 0 Å². The summed E-state index contributed by atoms with van der Waals surface area (Å²) in [6.07, 6.45) is -7.74. The van der Waals surface area contributed by atoms with E-state index in [0.29, 0.717) is 0 Å². The number of aliphatic hydroxyl groups excluding tert-OH is 5. The topological polar surface area (TPSA) is 208 Å². The molecule has 14 heteroatoms. The number of carbonyl (C=O) groups is 3. The van der Waals surface area contributed by atoms with E-state index in [0.717, 1.165) is 0 Å². The van der Waals surface area contributed by atoms with Crippen LogP contribution in [0.3, 0.4) is 0 Å². The van der Waals surface area contributed by atoms with E-state index >= 15 is 0 Å². The molecule has 0 aromatic carbocycles. The van der Waals surface area contributed by atoms with Crippen molar-refractivity contribution in [3.63, 3.8) is 0 Å². The van der Waals surface area contributed by atoms with E-state index in [1.54, 1.807) is 0 Å². The third-order valence-electron chi connectivity index (χ3n) is 4.85. The van der Waals surface area contributed by atoms with Crippen molar-refractivity contribution in [3.8, 4) is 0 Å². The lowest BCUT2D eigenvalue weighted by molar-refractivity contribution is -0.186. The summed E-state index contributed by atoms with van der Waals surface area (Å²) < 4.78 is 31.2. The highest BCUT2D eigenvalue weighted by molar-refractivity contribution is 5.87. The number of ether oxygens (including phenoxy) is 6. The van der Waals surface area contributed by atoms with Crippen LogP contribution in [0.25, 0.3) is 0 Å². The van der Waals surface area contributed by atoms with Crippen molar-refractivity contribution < 1.29 is 68.3 Å². The number of carbonyl (C=O) groups excluding carboxylic acids is 3. The van der Waals surface area contributed by atoms with Gasteiger partial charge in [0, 0.05) is 16.7 Å².